The molecule has 1 aliphatic rings. The SMILES string of the molecule is COc1ccc(N2CC[NH+](Cc3nc(N)nc(Nc4cccc(Cl)c4)n3)CC2)cc1. The molecule has 2 heterocycles. The minimum absolute atomic E-state index is 0.209. The molecule has 4 rings (SSSR count). The molecule has 1 aromatic heterocycles. The molecule has 0 saturated carbocycles. The molecule has 0 atom stereocenters. The number of methoxy groups -OCH3 is 1. The van der Waals surface area contributed by atoms with Gasteiger partial charge in [-0.25, -0.2) is 0 Å². The van der Waals surface area contributed by atoms with Crippen molar-refractivity contribution in [2.75, 3.05) is 49.2 Å². The van der Waals surface area contributed by atoms with Crippen LogP contribution in [0.5, 0.6) is 5.75 Å². The van der Waals surface area contributed by atoms with Gasteiger partial charge >= 0.3 is 0 Å². The Morgan fingerprint density at radius 1 is 1.10 bits per heavy atom. The number of benzene rings is 2. The number of halogens is 1. The van der Waals surface area contributed by atoms with Gasteiger partial charge in [0.05, 0.1) is 33.3 Å². The largest absolute Gasteiger partial charge is 0.497 e. The van der Waals surface area contributed by atoms with Crippen LogP contribution >= 0.6 is 11.6 Å². The Morgan fingerprint density at radius 2 is 1.87 bits per heavy atom. The monoisotopic (exact) mass is 426 g/mol. The quantitative estimate of drug-likeness (QED) is 0.553. The lowest BCUT2D eigenvalue weighted by Crippen LogP contribution is -3.13. The normalized spacial score (nSPS) is 14.5. The van der Waals surface area contributed by atoms with E-state index in [-0.39, 0.29) is 5.95 Å². The number of nitrogens with zero attached hydrogens (tertiary/aromatic N) is 4. The first-order valence-electron chi connectivity index (χ1n) is 9.84. The number of aromatic nitrogens is 3. The van der Waals surface area contributed by atoms with E-state index in [9.17, 15) is 0 Å². The fraction of sp³-hybridized carbons (Fsp3) is 0.286. The zero-order chi connectivity index (χ0) is 20.9. The summed E-state index contributed by atoms with van der Waals surface area (Å²) in [5, 5.41) is 3.79. The molecule has 1 aliphatic heterocycles. The number of piperazine rings is 1. The maximum Gasteiger partial charge on any atom is 0.232 e. The van der Waals surface area contributed by atoms with Crippen LogP contribution in [-0.2, 0) is 6.54 Å². The third-order valence-electron chi connectivity index (χ3n) is 5.10. The van der Waals surface area contributed by atoms with Gasteiger partial charge in [-0.15, -0.1) is 0 Å². The van der Waals surface area contributed by atoms with Crippen LogP contribution in [-0.4, -0.2) is 48.2 Å². The van der Waals surface area contributed by atoms with Crippen LogP contribution in [0.25, 0.3) is 0 Å². The Morgan fingerprint density at radius 3 is 2.57 bits per heavy atom. The topological polar surface area (TPSA) is 93.6 Å². The standard InChI is InChI=1S/C21H24ClN7O/c1-30-18-7-5-17(6-8-18)29-11-9-28(10-12-29)14-19-25-20(23)27-21(26-19)24-16-4-2-3-15(22)13-16/h2-8,13H,9-12,14H2,1H3,(H3,23,24,25,26,27)/p+1. The molecule has 9 heteroatoms. The van der Waals surface area contributed by atoms with Gasteiger partial charge in [0.1, 0.15) is 12.3 Å². The Hall–Kier alpha value is -3.10. The molecule has 0 spiro atoms. The number of hydrogen-bond acceptors (Lipinski definition) is 7. The first kappa shape index (κ1) is 20.2. The highest BCUT2D eigenvalue weighted by Crippen LogP contribution is 2.20. The highest BCUT2D eigenvalue weighted by molar-refractivity contribution is 6.30. The third-order valence-corrected chi connectivity index (χ3v) is 5.33. The summed E-state index contributed by atoms with van der Waals surface area (Å²) >= 11 is 6.04. The fourth-order valence-corrected chi connectivity index (χ4v) is 3.73. The zero-order valence-corrected chi connectivity index (χ0v) is 17.6. The zero-order valence-electron chi connectivity index (χ0n) is 16.8. The molecule has 0 amide bonds. The second kappa shape index (κ2) is 9.15. The van der Waals surface area contributed by atoms with Crippen molar-refractivity contribution in [1.29, 1.82) is 0 Å². The molecule has 2 aromatic carbocycles. The van der Waals surface area contributed by atoms with E-state index in [1.807, 2.05) is 36.4 Å². The Labute approximate surface area is 180 Å². The van der Waals surface area contributed by atoms with Crippen LogP contribution < -0.4 is 25.6 Å². The molecule has 4 N–H and O–H groups in total. The first-order chi connectivity index (χ1) is 14.6. The first-order valence-corrected chi connectivity index (χ1v) is 10.2. The molecule has 0 unspecified atom stereocenters. The van der Waals surface area contributed by atoms with Crippen LogP contribution in [0.3, 0.4) is 0 Å². The molecule has 1 saturated heterocycles. The summed E-state index contributed by atoms with van der Waals surface area (Å²) in [7, 11) is 1.68. The molecule has 8 nitrogen and oxygen atoms in total. The summed E-state index contributed by atoms with van der Waals surface area (Å²) in [4.78, 5) is 16.9. The van der Waals surface area contributed by atoms with Gasteiger partial charge in [0.2, 0.25) is 11.9 Å². The van der Waals surface area contributed by atoms with Crippen molar-refractivity contribution in [3.63, 3.8) is 0 Å². The van der Waals surface area contributed by atoms with Gasteiger partial charge in [0.15, 0.2) is 5.82 Å². The minimum Gasteiger partial charge on any atom is -0.497 e. The van der Waals surface area contributed by atoms with Crippen molar-refractivity contribution < 1.29 is 9.64 Å². The predicted molar refractivity (Wildman–Crippen MR) is 119 cm³/mol. The number of quaternary nitrogens is 1. The van der Waals surface area contributed by atoms with Gasteiger partial charge in [0, 0.05) is 16.4 Å². The van der Waals surface area contributed by atoms with E-state index < -0.39 is 0 Å². The average Bonchev–Trinajstić information content (AvgIpc) is 2.74. The van der Waals surface area contributed by atoms with Crippen molar-refractivity contribution in [3.05, 3.63) is 59.4 Å². The lowest BCUT2D eigenvalue weighted by Gasteiger charge is -2.33. The summed E-state index contributed by atoms with van der Waals surface area (Å²) in [6.45, 7) is 4.63. The van der Waals surface area contributed by atoms with Crippen molar-refractivity contribution in [2.24, 2.45) is 0 Å². The second-order valence-corrected chi connectivity index (χ2v) is 7.62. The molecule has 156 valence electrons. The molecule has 0 bridgehead atoms. The van der Waals surface area contributed by atoms with Gasteiger partial charge in [0.25, 0.3) is 0 Å². The van der Waals surface area contributed by atoms with E-state index in [1.54, 1.807) is 7.11 Å². The predicted octanol–water partition coefficient (Wildman–Crippen LogP) is 1.76. The average molecular weight is 427 g/mol. The molecule has 30 heavy (non-hydrogen) atoms. The van der Waals surface area contributed by atoms with Gasteiger partial charge in [-0.2, -0.15) is 15.0 Å². The summed E-state index contributed by atoms with van der Waals surface area (Å²) in [5.41, 5.74) is 7.93. The molecular weight excluding hydrogens is 402 g/mol. The lowest BCUT2D eigenvalue weighted by molar-refractivity contribution is -0.915. The Bertz CT molecular complexity index is 991. The lowest BCUT2D eigenvalue weighted by atomic mass is 10.2. The van der Waals surface area contributed by atoms with Crippen LogP contribution in [0.15, 0.2) is 48.5 Å². The van der Waals surface area contributed by atoms with Crippen molar-refractivity contribution in [1.82, 2.24) is 15.0 Å². The van der Waals surface area contributed by atoms with Crippen molar-refractivity contribution in [2.45, 2.75) is 6.54 Å². The molecule has 3 aromatic rings. The van der Waals surface area contributed by atoms with Gasteiger partial charge in [-0.1, -0.05) is 17.7 Å². The number of nitrogens with two attached hydrogens (primary N) is 1. The maximum atomic E-state index is 6.04. The number of ether oxygens (including phenoxy) is 1. The highest BCUT2D eigenvalue weighted by atomic mass is 35.5. The third kappa shape index (κ3) is 5.08. The van der Waals surface area contributed by atoms with Gasteiger partial charge < -0.3 is 25.6 Å². The van der Waals surface area contributed by atoms with E-state index in [1.165, 1.54) is 10.6 Å². The Balaban J connectivity index is 1.37. The summed E-state index contributed by atoms with van der Waals surface area (Å²) in [6.07, 6.45) is 0. The highest BCUT2D eigenvalue weighted by Gasteiger charge is 2.22. The number of nitrogens with one attached hydrogen (secondary N) is 2. The van der Waals surface area contributed by atoms with E-state index >= 15 is 0 Å². The number of nitrogen functional groups attached to an aromatic ring is 1. The van der Waals surface area contributed by atoms with Crippen molar-refractivity contribution >= 4 is 34.9 Å². The molecule has 1 fully saturated rings. The van der Waals surface area contributed by atoms with Gasteiger partial charge in [-0.05, 0) is 42.5 Å². The summed E-state index contributed by atoms with van der Waals surface area (Å²) < 4.78 is 5.24. The summed E-state index contributed by atoms with van der Waals surface area (Å²) in [6, 6.07) is 15.6. The second-order valence-electron chi connectivity index (χ2n) is 7.18. The van der Waals surface area contributed by atoms with E-state index in [4.69, 9.17) is 22.1 Å². The Kier molecular flexibility index (Phi) is 6.15. The number of hydrogen-bond donors (Lipinski definition) is 3. The summed E-state index contributed by atoms with van der Waals surface area (Å²) in [5.74, 6) is 2.19. The molecule has 0 radical (unpaired) electrons. The van der Waals surface area contributed by atoms with E-state index in [0.717, 1.165) is 37.6 Å². The minimum atomic E-state index is 0.209. The van der Waals surface area contributed by atoms with Crippen LogP contribution in [0.1, 0.15) is 5.82 Å². The molecule has 0 aliphatic carbocycles. The maximum absolute atomic E-state index is 6.04. The van der Waals surface area contributed by atoms with Gasteiger partial charge in [-0.3, -0.25) is 0 Å². The van der Waals surface area contributed by atoms with E-state index in [2.05, 4.69) is 37.3 Å². The fourth-order valence-electron chi connectivity index (χ4n) is 3.54. The van der Waals surface area contributed by atoms with Crippen LogP contribution in [0.4, 0.5) is 23.3 Å². The van der Waals surface area contributed by atoms with Crippen molar-refractivity contribution in [3.8, 4) is 5.75 Å². The molecular formula is C21H25ClN7O+. The van der Waals surface area contributed by atoms with Crippen LogP contribution in [0.2, 0.25) is 5.02 Å². The van der Waals surface area contributed by atoms with E-state index in [0.29, 0.717) is 23.3 Å². The number of anilines is 4. The van der Waals surface area contributed by atoms with Crippen LogP contribution in [0, 0.1) is 0 Å². The number of rotatable bonds is 6. The smallest absolute Gasteiger partial charge is 0.232 e.